The molecule has 0 aliphatic rings. The van der Waals surface area contributed by atoms with Crippen molar-refractivity contribution in [2.75, 3.05) is 5.88 Å². The molecule has 0 aromatic carbocycles. The lowest BCUT2D eigenvalue weighted by Crippen LogP contribution is -2.14. The van der Waals surface area contributed by atoms with Crippen molar-refractivity contribution < 1.29 is 0 Å². The molecule has 0 fully saturated rings. The molecule has 0 spiro atoms. The van der Waals surface area contributed by atoms with Crippen molar-refractivity contribution in [1.82, 2.24) is 19.5 Å². The molecule has 3 heterocycles. The van der Waals surface area contributed by atoms with Gasteiger partial charge in [0.1, 0.15) is 16.3 Å². The minimum atomic E-state index is 0.169. The molecule has 3 aromatic rings. The monoisotopic (exact) mass is 320 g/mol. The van der Waals surface area contributed by atoms with Crippen LogP contribution in [-0.2, 0) is 6.42 Å². The number of imidazole rings is 1. The van der Waals surface area contributed by atoms with Crippen LogP contribution in [0.4, 0.5) is 0 Å². The van der Waals surface area contributed by atoms with Crippen molar-refractivity contribution >= 4 is 34.1 Å². The Balaban J connectivity index is 2.22. The zero-order chi connectivity index (χ0) is 14.8. The van der Waals surface area contributed by atoms with Gasteiger partial charge < -0.3 is 4.57 Å². The van der Waals surface area contributed by atoms with Gasteiger partial charge in [-0.05, 0) is 25.5 Å². The first kappa shape index (κ1) is 14.5. The molecule has 1 atom stereocenters. The third-order valence-corrected chi connectivity index (χ3v) is 4.57. The third kappa shape index (κ3) is 2.68. The fraction of sp³-hybridized carbons (Fsp3) is 0.400. The first-order valence-electron chi connectivity index (χ1n) is 7.04. The Morgan fingerprint density at radius 3 is 2.86 bits per heavy atom. The second-order valence-electron chi connectivity index (χ2n) is 4.93. The predicted octanol–water partition coefficient (Wildman–Crippen LogP) is 3.98. The summed E-state index contributed by atoms with van der Waals surface area (Å²) in [7, 11) is 0. The van der Waals surface area contributed by atoms with Gasteiger partial charge in [0.2, 0.25) is 0 Å². The van der Waals surface area contributed by atoms with Crippen LogP contribution < -0.4 is 0 Å². The van der Waals surface area contributed by atoms with E-state index in [1.165, 1.54) is 0 Å². The van der Waals surface area contributed by atoms with Crippen molar-refractivity contribution in [2.45, 2.75) is 32.7 Å². The third-order valence-electron chi connectivity index (χ3n) is 3.50. The number of nitrogens with zero attached hydrogens (tertiary/aromatic N) is 4. The van der Waals surface area contributed by atoms with Gasteiger partial charge in [-0.2, -0.15) is 0 Å². The molecule has 0 saturated heterocycles. The second kappa shape index (κ2) is 6.12. The molecule has 3 rings (SSSR count). The molecule has 0 saturated carbocycles. The molecule has 0 N–H and O–H groups in total. The minimum absolute atomic E-state index is 0.169. The molecule has 0 aliphatic heterocycles. The van der Waals surface area contributed by atoms with Crippen LogP contribution in [0.15, 0.2) is 23.7 Å². The van der Waals surface area contributed by atoms with Crippen molar-refractivity contribution in [3.05, 3.63) is 40.2 Å². The van der Waals surface area contributed by atoms with Gasteiger partial charge in [0.05, 0.1) is 6.04 Å². The van der Waals surface area contributed by atoms with E-state index in [0.717, 1.165) is 40.5 Å². The molecule has 1 unspecified atom stereocenters. The number of hydrogen-bond acceptors (Lipinski definition) is 4. The second-order valence-corrected chi connectivity index (χ2v) is 6.23. The molecule has 0 amide bonds. The average Bonchev–Trinajstić information content (AvgIpc) is 3.10. The van der Waals surface area contributed by atoms with Gasteiger partial charge in [0.15, 0.2) is 5.65 Å². The quantitative estimate of drug-likeness (QED) is 0.668. The van der Waals surface area contributed by atoms with Crippen LogP contribution >= 0.6 is 22.9 Å². The van der Waals surface area contributed by atoms with E-state index in [1.54, 1.807) is 11.3 Å². The van der Waals surface area contributed by atoms with Crippen LogP contribution in [0.2, 0.25) is 0 Å². The highest BCUT2D eigenvalue weighted by atomic mass is 35.5. The fourth-order valence-corrected chi connectivity index (χ4v) is 3.55. The Hall–Kier alpha value is -1.46. The Labute approximate surface area is 132 Å². The van der Waals surface area contributed by atoms with Gasteiger partial charge in [0, 0.05) is 29.6 Å². The molecule has 3 aromatic heterocycles. The number of hydrogen-bond donors (Lipinski definition) is 0. The van der Waals surface area contributed by atoms with Crippen molar-refractivity contribution in [2.24, 2.45) is 0 Å². The van der Waals surface area contributed by atoms with Crippen LogP contribution in [-0.4, -0.2) is 25.4 Å². The van der Waals surface area contributed by atoms with E-state index in [-0.39, 0.29) is 6.04 Å². The van der Waals surface area contributed by atoms with Gasteiger partial charge in [-0.3, -0.25) is 0 Å². The lowest BCUT2D eigenvalue weighted by molar-refractivity contribution is 0.552. The van der Waals surface area contributed by atoms with E-state index < -0.39 is 0 Å². The highest BCUT2D eigenvalue weighted by Gasteiger charge is 2.22. The van der Waals surface area contributed by atoms with Crippen molar-refractivity contribution in [3.63, 3.8) is 0 Å². The largest absolute Gasteiger partial charge is 0.303 e. The molecular formula is C15H17ClN4S. The van der Waals surface area contributed by atoms with Crippen LogP contribution in [0.25, 0.3) is 11.2 Å². The fourth-order valence-electron chi connectivity index (χ4n) is 2.57. The Morgan fingerprint density at radius 1 is 1.33 bits per heavy atom. The summed E-state index contributed by atoms with van der Waals surface area (Å²) in [5.74, 6) is 1.54. The SMILES string of the molecule is CCC(c1nccs1)n1c(CCCl)nc2ccc(C)nc21. The van der Waals surface area contributed by atoms with Crippen molar-refractivity contribution in [1.29, 1.82) is 0 Å². The normalized spacial score (nSPS) is 12.9. The maximum atomic E-state index is 5.95. The van der Waals surface area contributed by atoms with Crippen LogP contribution in [0.5, 0.6) is 0 Å². The zero-order valence-electron chi connectivity index (χ0n) is 12.1. The first-order chi connectivity index (χ1) is 10.2. The number of fused-ring (bicyclic) bond motifs is 1. The number of halogens is 1. The maximum absolute atomic E-state index is 5.95. The lowest BCUT2D eigenvalue weighted by atomic mass is 10.2. The lowest BCUT2D eigenvalue weighted by Gasteiger charge is -2.17. The first-order valence-corrected chi connectivity index (χ1v) is 8.45. The smallest absolute Gasteiger partial charge is 0.160 e. The summed E-state index contributed by atoms with van der Waals surface area (Å²) >= 11 is 7.63. The van der Waals surface area contributed by atoms with Gasteiger partial charge >= 0.3 is 0 Å². The Bertz CT molecular complexity index is 736. The molecule has 6 heteroatoms. The molecule has 0 bridgehead atoms. The summed E-state index contributed by atoms with van der Waals surface area (Å²) in [6.45, 7) is 4.17. The summed E-state index contributed by atoms with van der Waals surface area (Å²) < 4.78 is 2.21. The highest BCUT2D eigenvalue weighted by Crippen LogP contribution is 2.29. The standard InChI is InChI=1S/C15H17ClN4S/c1-3-12(15-17-8-9-21-15)20-13(6-7-16)19-11-5-4-10(2)18-14(11)20/h4-5,8-9,12H,3,6-7H2,1-2H3. The molecule has 110 valence electrons. The molecule has 4 nitrogen and oxygen atoms in total. The van der Waals surface area contributed by atoms with Gasteiger partial charge in [-0.25, -0.2) is 15.0 Å². The van der Waals surface area contributed by atoms with E-state index in [9.17, 15) is 0 Å². The van der Waals surface area contributed by atoms with Gasteiger partial charge in [-0.1, -0.05) is 6.92 Å². The summed E-state index contributed by atoms with van der Waals surface area (Å²) in [5.41, 5.74) is 2.85. The van der Waals surface area contributed by atoms with E-state index in [4.69, 9.17) is 21.6 Å². The number of aromatic nitrogens is 4. The number of pyridine rings is 1. The van der Waals surface area contributed by atoms with Crippen LogP contribution in [0, 0.1) is 6.92 Å². The zero-order valence-corrected chi connectivity index (χ0v) is 13.7. The van der Waals surface area contributed by atoms with Crippen molar-refractivity contribution in [3.8, 4) is 0 Å². The van der Waals surface area contributed by atoms with Gasteiger partial charge in [0.25, 0.3) is 0 Å². The van der Waals surface area contributed by atoms with Gasteiger partial charge in [-0.15, -0.1) is 22.9 Å². The Morgan fingerprint density at radius 2 is 2.19 bits per heavy atom. The molecule has 0 aliphatic carbocycles. The summed E-state index contributed by atoms with van der Waals surface area (Å²) in [6.07, 6.45) is 3.53. The van der Waals surface area contributed by atoms with Crippen LogP contribution in [0.3, 0.4) is 0 Å². The van der Waals surface area contributed by atoms with E-state index in [2.05, 4.69) is 16.5 Å². The summed E-state index contributed by atoms with van der Waals surface area (Å²) in [4.78, 5) is 13.9. The number of rotatable bonds is 5. The highest BCUT2D eigenvalue weighted by molar-refractivity contribution is 7.09. The number of aryl methyl sites for hydroxylation is 2. The predicted molar refractivity (Wildman–Crippen MR) is 87.2 cm³/mol. The Kier molecular flexibility index (Phi) is 4.22. The molecule has 21 heavy (non-hydrogen) atoms. The van der Waals surface area contributed by atoms with E-state index >= 15 is 0 Å². The number of alkyl halides is 1. The van der Waals surface area contributed by atoms with Crippen LogP contribution in [0.1, 0.15) is 35.9 Å². The maximum Gasteiger partial charge on any atom is 0.160 e. The van der Waals surface area contributed by atoms with E-state index in [1.807, 2.05) is 30.6 Å². The average molecular weight is 321 g/mol. The summed E-state index contributed by atoms with van der Waals surface area (Å²) in [5, 5.41) is 3.10. The number of thiazole rings is 1. The summed E-state index contributed by atoms with van der Waals surface area (Å²) in [6, 6.07) is 4.19. The topological polar surface area (TPSA) is 43.6 Å². The minimum Gasteiger partial charge on any atom is -0.303 e. The van der Waals surface area contributed by atoms with E-state index in [0.29, 0.717) is 5.88 Å². The molecule has 0 radical (unpaired) electrons. The molecular weight excluding hydrogens is 304 g/mol.